The minimum absolute atomic E-state index is 0.310. The summed E-state index contributed by atoms with van der Waals surface area (Å²) in [5.41, 5.74) is 0. The molecule has 3 heteroatoms. The molecule has 1 heterocycles. The first kappa shape index (κ1) is 13.5. The lowest BCUT2D eigenvalue weighted by atomic mass is 10.0. The number of likely N-dealkylation sites (N-methyl/N-ethyl adjacent to an activating group) is 1. The first-order valence-corrected chi connectivity index (χ1v) is 6.59. The lowest BCUT2D eigenvalue weighted by Crippen LogP contribution is -2.44. The Morgan fingerprint density at radius 1 is 1.50 bits per heavy atom. The van der Waals surface area contributed by atoms with Gasteiger partial charge in [0.1, 0.15) is 0 Å². The fraction of sp³-hybridized carbons (Fsp3) is 0.923. The molecule has 1 aliphatic heterocycles. The Labute approximate surface area is 99.8 Å². The van der Waals surface area contributed by atoms with Crippen LogP contribution in [0.5, 0.6) is 0 Å². The zero-order valence-corrected chi connectivity index (χ0v) is 11.0. The standard InChI is InChI=1S/C13H26N2O/c1-4-5-8-14(3)11-13(16)15-9-6-7-12(2)10-15/h12H,4-11H2,1-3H3. The molecule has 1 saturated heterocycles. The highest BCUT2D eigenvalue weighted by atomic mass is 16.2. The number of hydrogen-bond donors (Lipinski definition) is 0. The van der Waals surface area contributed by atoms with Crippen molar-refractivity contribution in [2.45, 2.75) is 39.5 Å². The van der Waals surface area contributed by atoms with Gasteiger partial charge in [0.2, 0.25) is 5.91 Å². The molecule has 94 valence electrons. The van der Waals surface area contributed by atoms with Gasteiger partial charge in [-0.1, -0.05) is 20.3 Å². The summed E-state index contributed by atoms with van der Waals surface area (Å²) in [6.45, 7) is 7.96. The van der Waals surface area contributed by atoms with Crippen molar-refractivity contribution in [2.24, 2.45) is 5.92 Å². The van der Waals surface area contributed by atoms with Gasteiger partial charge >= 0.3 is 0 Å². The molecular weight excluding hydrogens is 200 g/mol. The topological polar surface area (TPSA) is 23.6 Å². The van der Waals surface area contributed by atoms with Crippen molar-refractivity contribution in [1.82, 2.24) is 9.80 Å². The third kappa shape index (κ3) is 4.52. The second kappa shape index (κ2) is 6.89. The number of hydrogen-bond acceptors (Lipinski definition) is 2. The molecule has 0 N–H and O–H groups in total. The van der Waals surface area contributed by atoms with Crippen molar-refractivity contribution < 1.29 is 4.79 Å². The Morgan fingerprint density at radius 2 is 2.25 bits per heavy atom. The second-order valence-electron chi connectivity index (χ2n) is 5.18. The molecule has 0 aromatic heterocycles. The van der Waals surface area contributed by atoms with Crippen LogP contribution in [-0.4, -0.2) is 48.9 Å². The molecule has 0 spiro atoms. The van der Waals surface area contributed by atoms with Crippen LogP contribution in [0.4, 0.5) is 0 Å². The Morgan fingerprint density at radius 3 is 2.88 bits per heavy atom. The molecule has 1 aliphatic rings. The maximum Gasteiger partial charge on any atom is 0.236 e. The van der Waals surface area contributed by atoms with Gasteiger partial charge in [-0.3, -0.25) is 9.69 Å². The highest BCUT2D eigenvalue weighted by molar-refractivity contribution is 5.78. The Kier molecular flexibility index (Phi) is 5.81. The van der Waals surface area contributed by atoms with Gasteiger partial charge in [-0.15, -0.1) is 0 Å². The number of likely N-dealkylation sites (tertiary alicyclic amines) is 1. The van der Waals surface area contributed by atoms with Crippen LogP contribution in [0.1, 0.15) is 39.5 Å². The molecule has 0 bridgehead atoms. The van der Waals surface area contributed by atoms with E-state index in [4.69, 9.17) is 0 Å². The Bertz CT molecular complexity index is 218. The lowest BCUT2D eigenvalue weighted by Gasteiger charge is -2.32. The number of rotatable bonds is 5. The van der Waals surface area contributed by atoms with E-state index in [9.17, 15) is 4.79 Å². The summed E-state index contributed by atoms with van der Waals surface area (Å²) in [6, 6.07) is 0. The molecule has 1 fully saturated rings. The molecule has 16 heavy (non-hydrogen) atoms. The fourth-order valence-electron chi connectivity index (χ4n) is 2.25. The van der Waals surface area contributed by atoms with Crippen molar-refractivity contribution in [2.75, 3.05) is 33.2 Å². The van der Waals surface area contributed by atoms with Crippen LogP contribution in [0.25, 0.3) is 0 Å². The summed E-state index contributed by atoms with van der Waals surface area (Å²) >= 11 is 0. The van der Waals surface area contributed by atoms with E-state index in [1.165, 1.54) is 25.7 Å². The van der Waals surface area contributed by atoms with Gasteiger partial charge in [0, 0.05) is 13.1 Å². The largest absolute Gasteiger partial charge is 0.341 e. The monoisotopic (exact) mass is 226 g/mol. The van der Waals surface area contributed by atoms with Gasteiger partial charge in [-0.05, 0) is 38.8 Å². The number of carbonyl (C=O) groups excluding carboxylic acids is 1. The molecule has 1 atom stereocenters. The zero-order valence-electron chi connectivity index (χ0n) is 11.0. The maximum absolute atomic E-state index is 12.0. The van der Waals surface area contributed by atoms with E-state index >= 15 is 0 Å². The number of carbonyl (C=O) groups is 1. The van der Waals surface area contributed by atoms with Crippen LogP contribution >= 0.6 is 0 Å². The van der Waals surface area contributed by atoms with E-state index < -0.39 is 0 Å². The minimum Gasteiger partial charge on any atom is -0.341 e. The van der Waals surface area contributed by atoms with E-state index in [0.29, 0.717) is 18.4 Å². The van der Waals surface area contributed by atoms with Gasteiger partial charge in [0.25, 0.3) is 0 Å². The van der Waals surface area contributed by atoms with E-state index in [1.54, 1.807) is 0 Å². The molecule has 1 amide bonds. The summed E-state index contributed by atoms with van der Waals surface area (Å²) in [5, 5.41) is 0. The SMILES string of the molecule is CCCCN(C)CC(=O)N1CCCC(C)C1. The molecule has 0 saturated carbocycles. The van der Waals surface area contributed by atoms with Gasteiger partial charge in [-0.2, -0.15) is 0 Å². The molecule has 1 unspecified atom stereocenters. The van der Waals surface area contributed by atoms with E-state index in [1.807, 2.05) is 11.9 Å². The Hall–Kier alpha value is -0.570. The predicted molar refractivity (Wildman–Crippen MR) is 67.4 cm³/mol. The summed E-state index contributed by atoms with van der Waals surface area (Å²) in [7, 11) is 2.04. The third-order valence-electron chi connectivity index (χ3n) is 3.31. The number of piperidine rings is 1. The van der Waals surface area contributed by atoms with Gasteiger partial charge in [0.15, 0.2) is 0 Å². The number of nitrogens with zero attached hydrogens (tertiary/aromatic N) is 2. The minimum atomic E-state index is 0.310. The fourth-order valence-corrected chi connectivity index (χ4v) is 2.25. The van der Waals surface area contributed by atoms with Crippen molar-refractivity contribution in [3.05, 3.63) is 0 Å². The van der Waals surface area contributed by atoms with Crippen LogP contribution in [0, 0.1) is 5.92 Å². The van der Waals surface area contributed by atoms with Crippen LogP contribution in [0.2, 0.25) is 0 Å². The van der Waals surface area contributed by atoms with Gasteiger partial charge in [0.05, 0.1) is 6.54 Å². The summed E-state index contributed by atoms with van der Waals surface area (Å²) in [4.78, 5) is 16.2. The average Bonchev–Trinajstić information content (AvgIpc) is 2.26. The Balaban J connectivity index is 2.27. The molecule has 3 nitrogen and oxygen atoms in total. The quantitative estimate of drug-likeness (QED) is 0.715. The molecule has 0 aliphatic carbocycles. The van der Waals surface area contributed by atoms with Crippen molar-refractivity contribution in [3.8, 4) is 0 Å². The average molecular weight is 226 g/mol. The zero-order chi connectivity index (χ0) is 12.0. The maximum atomic E-state index is 12.0. The van der Waals surface area contributed by atoms with Gasteiger partial charge in [-0.25, -0.2) is 0 Å². The van der Waals surface area contributed by atoms with Crippen LogP contribution in [0.15, 0.2) is 0 Å². The number of amides is 1. The summed E-state index contributed by atoms with van der Waals surface area (Å²) in [6.07, 6.45) is 4.82. The number of unbranched alkanes of at least 4 members (excludes halogenated alkanes) is 1. The highest BCUT2D eigenvalue weighted by Gasteiger charge is 2.21. The van der Waals surface area contributed by atoms with Crippen LogP contribution in [0.3, 0.4) is 0 Å². The second-order valence-corrected chi connectivity index (χ2v) is 5.18. The van der Waals surface area contributed by atoms with Gasteiger partial charge < -0.3 is 4.90 Å². The van der Waals surface area contributed by atoms with Crippen molar-refractivity contribution in [3.63, 3.8) is 0 Å². The third-order valence-corrected chi connectivity index (χ3v) is 3.31. The van der Waals surface area contributed by atoms with Crippen LogP contribution < -0.4 is 0 Å². The first-order chi connectivity index (χ1) is 7.63. The summed E-state index contributed by atoms with van der Waals surface area (Å²) < 4.78 is 0. The van der Waals surface area contributed by atoms with E-state index in [-0.39, 0.29) is 0 Å². The normalized spacial score (nSPS) is 21.5. The molecule has 0 aromatic carbocycles. The molecule has 0 radical (unpaired) electrons. The van der Waals surface area contributed by atoms with Crippen molar-refractivity contribution >= 4 is 5.91 Å². The first-order valence-electron chi connectivity index (χ1n) is 6.59. The van der Waals surface area contributed by atoms with E-state index in [2.05, 4.69) is 18.7 Å². The smallest absolute Gasteiger partial charge is 0.236 e. The highest BCUT2D eigenvalue weighted by Crippen LogP contribution is 2.15. The predicted octanol–water partition coefficient (Wildman–Crippen LogP) is 1.98. The molecular formula is C13H26N2O. The van der Waals surface area contributed by atoms with Crippen molar-refractivity contribution in [1.29, 1.82) is 0 Å². The lowest BCUT2D eigenvalue weighted by molar-refractivity contribution is -0.133. The molecule has 0 aromatic rings. The molecule has 1 rings (SSSR count). The van der Waals surface area contributed by atoms with E-state index in [0.717, 1.165) is 19.6 Å². The van der Waals surface area contributed by atoms with Crippen LogP contribution in [-0.2, 0) is 4.79 Å². The summed E-state index contributed by atoms with van der Waals surface area (Å²) in [5.74, 6) is 0.990.